The maximum atomic E-state index is 11.2. The molecule has 0 spiro atoms. The fourth-order valence-corrected chi connectivity index (χ4v) is 1.73. The lowest BCUT2D eigenvalue weighted by Crippen LogP contribution is -2.14. The fourth-order valence-electron chi connectivity index (χ4n) is 1.73. The highest BCUT2D eigenvalue weighted by Crippen LogP contribution is 2.40. The minimum atomic E-state index is -0.442. The predicted octanol–water partition coefficient (Wildman–Crippen LogP) is 1.73. The van der Waals surface area contributed by atoms with Crippen molar-refractivity contribution in [3.8, 4) is 6.07 Å². The summed E-state index contributed by atoms with van der Waals surface area (Å²) >= 11 is 0. The number of hydrogen-bond donors (Lipinski definition) is 1. The molecule has 76 valence electrons. The van der Waals surface area contributed by atoms with Gasteiger partial charge in [-0.3, -0.25) is 4.79 Å². The first-order valence-corrected chi connectivity index (χ1v) is 5.02. The molecule has 0 saturated heterocycles. The normalized spacial score (nSPS) is 14.6. The van der Waals surface area contributed by atoms with Crippen LogP contribution in [-0.2, 0) is 6.42 Å². The Hall–Kier alpha value is -1.82. The average molecular weight is 200 g/mol. The van der Waals surface area contributed by atoms with Crippen molar-refractivity contribution >= 4 is 5.91 Å². The lowest BCUT2D eigenvalue weighted by molar-refractivity contribution is 0.0999. The van der Waals surface area contributed by atoms with Crippen LogP contribution in [0.1, 0.15) is 40.2 Å². The zero-order valence-corrected chi connectivity index (χ0v) is 8.36. The molecule has 1 amide bonds. The summed E-state index contributed by atoms with van der Waals surface area (Å²) in [5, 5.41) is 8.61. The van der Waals surface area contributed by atoms with Gasteiger partial charge in [0, 0.05) is 5.56 Å². The van der Waals surface area contributed by atoms with E-state index >= 15 is 0 Å². The van der Waals surface area contributed by atoms with Gasteiger partial charge in [0.05, 0.1) is 12.5 Å². The summed E-state index contributed by atoms with van der Waals surface area (Å²) in [6.45, 7) is 0. The molecule has 0 radical (unpaired) electrons. The minimum absolute atomic E-state index is 0.239. The molecule has 1 aromatic carbocycles. The summed E-state index contributed by atoms with van der Waals surface area (Å²) in [5.74, 6) is 0.155. The van der Waals surface area contributed by atoms with E-state index in [-0.39, 0.29) is 6.42 Å². The van der Waals surface area contributed by atoms with Crippen molar-refractivity contribution in [1.29, 1.82) is 5.26 Å². The summed E-state index contributed by atoms with van der Waals surface area (Å²) in [7, 11) is 0. The molecule has 1 aromatic rings. The molecule has 0 unspecified atom stereocenters. The number of nitrogens with two attached hydrogens (primary N) is 1. The molecule has 1 aliphatic carbocycles. The molecule has 0 bridgehead atoms. The van der Waals surface area contributed by atoms with Crippen LogP contribution in [0.2, 0.25) is 0 Å². The van der Waals surface area contributed by atoms with E-state index < -0.39 is 5.91 Å². The third-order valence-electron chi connectivity index (χ3n) is 2.72. The van der Waals surface area contributed by atoms with Gasteiger partial charge in [-0.15, -0.1) is 0 Å². The fraction of sp³-hybridized carbons (Fsp3) is 0.333. The number of benzene rings is 1. The van der Waals surface area contributed by atoms with E-state index in [9.17, 15) is 4.79 Å². The van der Waals surface area contributed by atoms with Gasteiger partial charge in [-0.2, -0.15) is 5.26 Å². The molecule has 1 fully saturated rings. The molecule has 1 saturated carbocycles. The van der Waals surface area contributed by atoms with Crippen molar-refractivity contribution in [2.24, 2.45) is 5.73 Å². The maximum absolute atomic E-state index is 11.2. The Morgan fingerprint density at radius 2 is 2.27 bits per heavy atom. The van der Waals surface area contributed by atoms with E-state index in [4.69, 9.17) is 11.0 Å². The van der Waals surface area contributed by atoms with Gasteiger partial charge >= 0.3 is 0 Å². The van der Waals surface area contributed by atoms with E-state index in [1.807, 2.05) is 24.3 Å². The monoisotopic (exact) mass is 200 g/mol. The standard InChI is InChI=1S/C12H12N2O/c13-6-5-9-3-4-10(8-1-2-8)7-11(9)12(14)15/h3-4,7-8H,1-2,5H2,(H2,14,15). The Balaban J connectivity index is 2.39. The predicted molar refractivity (Wildman–Crippen MR) is 56.3 cm³/mol. The number of nitrogens with zero attached hydrogens (tertiary/aromatic N) is 1. The summed E-state index contributed by atoms with van der Waals surface area (Å²) < 4.78 is 0. The molecule has 2 rings (SSSR count). The number of hydrogen-bond acceptors (Lipinski definition) is 2. The van der Waals surface area contributed by atoms with Crippen LogP contribution in [-0.4, -0.2) is 5.91 Å². The molecule has 0 aliphatic heterocycles. The minimum Gasteiger partial charge on any atom is -0.366 e. The van der Waals surface area contributed by atoms with Crippen LogP contribution in [0.3, 0.4) is 0 Å². The number of rotatable bonds is 3. The van der Waals surface area contributed by atoms with Gasteiger partial charge in [0.2, 0.25) is 5.91 Å². The van der Waals surface area contributed by atoms with Crippen molar-refractivity contribution in [3.63, 3.8) is 0 Å². The topological polar surface area (TPSA) is 66.9 Å². The maximum Gasteiger partial charge on any atom is 0.249 e. The molecule has 2 N–H and O–H groups in total. The molecule has 0 heterocycles. The van der Waals surface area contributed by atoms with E-state index in [2.05, 4.69) is 0 Å². The lowest BCUT2D eigenvalue weighted by atomic mass is 9.99. The van der Waals surface area contributed by atoms with Crippen molar-refractivity contribution in [3.05, 3.63) is 34.9 Å². The van der Waals surface area contributed by atoms with E-state index in [1.165, 1.54) is 18.4 Å². The molecular formula is C12H12N2O. The summed E-state index contributed by atoms with van der Waals surface area (Å²) in [6.07, 6.45) is 2.62. The molecule has 1 aliphatic rings. The highest BCUT2D eigenvalue weighted by Gasteiger charge is 2.24. The van der Waals surface area contributed by atoms with E-state index in [1.54, 1.807) is 0 Å². The number of amides is 1. The Bertz CT molecular complexity index is 441. The van der Waals surface area contributed by atoms with Crippen molar-refractivity contribution < 1.29 is 4.79 Å². The second-order valence-electron chi connectivity index (χ2n) is 3.89. The third-order valence-corrected chi connectivity index (χ3v) is 2.72. The van der Waals surface area contributed by atoms with Crippen molar-refractivity contribution in [2.75, 3.05) is 0 Å². The first-order chi connectivity index (χ1) is 7.22. The Morgan fingerprint density at radius 3 is 2.80 bits per heavy atom. The number of carbonyl (C=O) groups is 1. The average Bonchev–Trinajstić information content (AvgIpc) is 3.02. The number of carbonyl (C=O) groups excluding carboxylic acids is 1. The molecule has 3 nitrogen and oxygen atoms in total. The number of primary amides is 1. The van der Waals surface area contributed by atoms with Crippen LogP contribution in [0.15, 0.2) is 18.2 Å². The zero-order chi connectivity index (χ0) is 10.8. The van der Waals surface area contributed by atoms with E-state index in [0.717, 1.165) is 5.56 Å². The van der Waals surface area contributed by atoms with Gasteiger partial charge in [-0.1, -0.05) is 12.1 Å². The van der Waals surface area contributed by atoms with Gasteiger partial charge in [0.25, 0.3) is 0 Å². The van der Waals surface area contributed by atoms with Crippen LogP contribution in [0, 0.1) is 11.3 Å². The Labute approximate surface area is 88.5 Å². The van der Waals surface area contributed by atoms with Crippen LogP contribution in [0.4, 0.5) is 0 Å². The largest absolute Gasteiger partial charge is 0.366 e. The number of nitriles is 1. The van der Waals surface area contributed by atoms with Crippen LogP contribution in [0.5, 0.6) is 0 Å². The van der Waals surface area contributed by atoms with Crippen LogP contribution < -0.4 is 5.73 Å². The Morgan fingerprint density at radius 1 is 1.53 bits per heavy atom. The highest BCUT2D eigenvalue weighted by molar-refractivity contribution is 5.94. The highest BCUT2D eigenvalue weighted by atomic mass is 16.1. The second kappa shape index (κ2) is 3.74. The molecule has 0 atom stereocenters. The van der Waals surface area contributed by atoms with Crippen LogP contribution >= 0.6 is 0 Å². The molecule has 0 aromatic heterocycles. The van der Waals surface area contributed by atoms with Gasteiger partial charge in [-0.25, -0.2) is 0 Å². The van der Waals surface area contributed by atoms with Crippen molar-refractivity contribution in [2.45, 2.75) is 25.2 Å². The van der Waals surface area contributed by atoms with Gasteiger partial charge in [0.1, 0.15) is 0 Å². The summed E-state index contributed by atoms with van der Waals surface area (Å²) in [6, 6.07) is 7.72. The lowest BCUT2D eigenvalue weighted by Gasteiger charge is -2.05. The SMILES string of the molecule is N#CCc1ccc(C2CC2)cc1C(N)=O. The van der Waals surface area contributed by atoms with Crippen molar-refractivity contribution in [1.82, 2.24) is 0 Å². The quantitative estimate of drug-likeness (QED) is 0.807. The van der Waals surface area contributed by atoms with E-state index in [0.29, 0.717) is 11.5 Å². The summed E-state index contributed by atoms with van der Waals surface area (Å²) in [4.78, 5) is 11.2. The smallest absolute Gasteiger partial charge is 0.249 e. The van der Waals surface area contributed by atoms with Gasteiger partial charge in [0.15, 0.2) is 0 Å². The summed E-state index contributed by atoms with van der Waals surface area (Å²) in [5.41, 5.74) is 7.69. The molecular weight excluding hydrogens is 188 g/mol. The third kappa shape index (κ3) is 1.99. The zero-order valence-electron chi connectivity index (χ0n) is 8.36. The van der Waals surface area contributed by atoms with Gasteiger partial charge in [-0.05, 0) is 36.0 Å². The Kier molecular flexibility index (Phi) is 2.42. The van der Waals surface area contributed by atoms with Gasteiger partial charge < -0.3 is 5.73 Å². The second-order valence-corrected chi connectivity index (χ2v) is 3.89. The molecule has 3 heteroatoms. The first kappa shape index (κ1) is 9.72. The first-order valence-electron chi connectivity index (χ1n) is 5.02. The molecule has 15 heavy (non-hydrogen) atoms. The van der Waals surface area contributed by atoms with Crippen LogP contribution in [0.25, 0.3) is 0 Å².